The third-order valence-corrected chi connectivity index (χ3v) is 6.13. The summed E-state index contributed by atoms with van der Waals surface area (Å²) < 4.78 is 1.95. The fourth-order valence-electron chi connectivity index (χ4n) is 3.85. The molecular formula is C21H23N3OS. The minimum atomic E-state index is 0.121. The van der Waals surface area contributed by atoms with Gasteiger partial charge in [-0.2, -0.15) is 5.10 Å². The number of carbonyl (C=O) groups is 1. The summed E-state index contributed by atoms with van der Waals surface area (Å²) in [7, 11) is 0. The predicted molar refractivity (Wildman–Crippen MR) is 105 cm³/mol. The van der Waals surface area contributed by atoms with Crippen molar-refractivity contribution in [2.75, 3.05) is 6.54 Å². The summed E-state index contributed by atoms with van der Waals surface area (Å²) in [5, 5.41) is 6.75. The molecule has 1 atom stereocenters. The van der Waals surface area contributed by atoms with Gasteiger partial charge in [0, 0.05) is 17.1 Å². The molecule has 4 nitrogen and oxygen atoms in total. The van der Waals surface area contributed by atoms with Crippen LogP contribution >= 0.6 is 11.3 Å². The summed E-state index contributed by atoms with van der Waals surface area (Å²) in [5.74, 6) is 0.121. The third-order valence-electron chi connectivity index (χ3n) is 5.16. The van der Waals surface area contributed by atoms with Gasteiger partial charge < -0.3 is 4.90 Å². The molecule has 1 aliphatic rings. The van der Waals surface area contributed by atoms with Crippen LogP contribution in [0.3, 0.4) is 0 Å². The van der Waals surface area contributed by atoms with Gasteiger partial charge in [0.05, 0.1) is 23.8 Å². The van der Waals surface area contributed by atoms with Crippen molar-refractivity contribution >= 4 is 17.2 Å². The van der Waals surface area contributed by atoms with Crippen molar-refractivity contribution in [1.29, 1.82) is 0 Å². The van der Waals surface area contributed by atoms with Crippen molar-refractivity contribution in [2.24, 2.45) is 0 Å². The zero-order chi connectivity index (χ0) is 18.1. The topological polar surface area (TPSA) is 38.1 Å². The maximum Gasteiger partial charge on any atom is 0.258 e. The van der Waals surface area contributed by atoms with Crippen LogP contribution in [-0.4, -0.2) is 27.1 Å². The van der Waals surface area contributed by atoms with Gasteiger partial charge in [-0.05, 0) is 43.7 Å². The van der Waals surface area contributed by atoms with Gasteiger partial charge in [-0.25, -0.2) is 0 Å². The Hall–Kier alpha value is -2.40. The Morgan fingerprint density at radius 3 is 2.73 bits per heavy atom. The molecule has 3 heterocycles. The molecule has 0 saturated carbocycles. The van der Waals surface area contributed by atoms with Crippen molar-refractivity contribution < 1.29 is 4.79 Å². The number of hydrogen-bond acceptors (Lipinski definition) is 3. The minimum absolute atomic E-state index is 0.121. The minimum Gasteiger partial charge on any atom is -0.331 e. The summed E-state index contributed by atoms with van der Waals surface area (Å²) in [6, 6.07) is 14.7. The quantitative estimate of drug-likeness (QED) is 0.678. The number of thiophene rings is 1. The number of hydrogen-bond donors (Lipinski definition) is 0. The van der Waals surface area contributed by atoms with E-state index in [-0.39, 0.29) is 11.9 Å². The normalized spacial score (nSPS) is 17.0. The number of aromatic nitrogens is 2. The highest BCUT2D eigenvalue weighted by Crippen LogP contribution is 2.36. The van der Waals surface area contributed by atoms with Gasteiger partial charge in [0.2, 0.25) is 0 Å². The molecule has 5 heteroatoms. The molecule has 3 aromatic rings. The number of nitrogens with zero attached hydrogens (tertiary/aromatic N) is 3. The predicted octanol–water partition coefficient (Wildman–Crippen LogP) is 4.59. The number of likely N-dealkylation sites (tertiary alicyclic amines) is 1. The molecule has 26 heavy (non-hydrogen) atoms. The molecule has 0 unspecified atom stereocenters. The van der Waals surface area contributed by atoms with E-state index in [0.717, 1.165) is 36.3 Å². The van der Waals surface area contributed by atoms with Crippen LogP contribution in [0.4, 0.5) is 0 Å². The van der Waals surface area contributed by atoms with E-state index in [4.69, 9.17) is 0 Å². The number of benzene rings is 1. The van der Waals surface area contributed by atoms with Crippen LogP contribution in [-0.2, 0) is 6.54 Å². The highest BCUT2D eigenvalue weighted by molar-refractivity contribution is 7.10. The van der Waals surface area contributed by atoms with Crippen molar-refractivity contribution in [2.45, 2.75) is 39.3 Å². The lowest BCUT2D eigenvalue weighted by molar-refractivity contribution is 0.0736. The van der Waals surface area contributed by atoms with E-state index in [9.17, 15) is 4.79 Å². The van der Waals surface area contributed by atoms with Crippen molar-refractivity contribution in [3.05, 3.63) is 75.2 Å². The molecule has 0 N–H and O–H groups in total. The van der Waals surface area contributed by atoms with E-state index >= 15 is 0 Å². The molecule has 1 aromatic carbocycles. The van der Waals surface area contributed by atoms with Gasteiger partial charge >= 0.3 is 0 Å². The van der Waals surface area contributed by atoms with Gasteiger partial charge in [-0.15, -0.1) is 11.3 Å². The summed E-state index contributed by atoms with van der Waals surface area (Å²) in [4.78, 5) is 16.7. The van der Waals surface area contributed by atoms with Crippen LogP contribution in [0.25, 0.3) is 0 Å². The fraction of sp³-hybridized carbons (Fsp3) is 0.333. The molecular weight excluding hydrogens is 342 g/mol. The average molecular weight is 366 g/mol. The summed E-state index contributed by atoms with van der Waals surface area (Å²) in [5.41, 5.74) is 3.73. The molecule has 4 rings (SSSR count). The van der Waals surface area contributed by atoms with E-state index in [0.29, 0.717) is 6.54 Å². The molecule has 0 bridgehead atoms. The third kappa shape index (κ3) is 3.07. The standard InChI is InChI=1S/C21H23N3OS/c1-15-20(16(2)24(22-15)14-17-8-4-3-5-9-17)21(25)23-12-6-10-18(23)19-11-7-13-26-19/h3-5,7-9,11,13,18H,6,10,12,14H2,1-2H3/t18-/m0/s1. The monoisotopic (exact) mass is 365 g/mol. The second-order valence-corrected chi connectivity index (χ2v) is 7.84. The molecule has 0 aliphatic carbocycles. The van der Waals surface area contributed by atoms with Crippen LogP contribution in [0.5, 0.6) is 0 Å². The highest BCUT2D eigenvalue weighted by Gasteiger charge is 2.33. The van der Waals surface area contributed by atoms with Gasteiger partial charge in [0.1, 0.15) is 0 Å². The average Bonchev–Trinajstić information content (AvgIpc) is 3.37. The molecule has 134 valence electrons. The number of carbonyl (C=O) groups excluding carboxylic acids is 1. The van der Waals surface area contributed by atoms with Crippen molar-refractivity contribution in [3.8, 4) is 0 Å². The van der Waals surface area contributed by atoms with Gasteiger partial charge in [0.15, 0.2) is 0 Å². The smallest absolute Gasteiger partial charge is 0.258 e. The SMILES string of the molecule is Cc1nn(Cc2ccccc2)c(C)c1C(=O)N1CCC[C@H]1c1cccs1. The van der Waals surface area contributed by atoms with E-state index in [1.165, 1.54) is 10.4 Å². The van der Waals surface area contributed by atoms with E-state index in [1.807, 2.05) is 41.6 Å². The first-order valence-corrected chi connectivity index (χ1v) is 9.95. The zero-order valence-electron chi connectivity index (χ0n) is 15.2. The summed E-state index contributed by atoms with van der Waals surface area (Å²) in [6.07, 6.45) is 2.10. The van der Waals surface area contributed by atoms with Gasteiger partial charge in [0.25, 0.3) is 5.91 Å². The largest absolute Gasteiger partial charge is 0.331 e. The molecule has 1 amide bonds. The summed E-state index contributed by atoms with van der Waals surface area (Å²) in [6.45, 7) is 5.46. The Kier molecular flexibility index (Phi) is 4.64. The number of amides is 1. The molecule has 1 fully saturated rings. The van der Waals surface area contributed by atoms with Crippen LogP contribution in [0.15, 0.2) is 47.8 Å². The molecule has 0 spiro atoms. The van der Waals surface area contributed by atoms with E-state index in [1.54, 1.807) is 11.3 Å². The number of aryl methyl sites for hydroxylation is 1. The Labute approximate surface area is 158 Å². The lowest BCUT2D eigenvalue weighted by Gasteiger charge is -2.24. The lowest BCUT2D eigenvalue weighted by Crippen LogP contribution is -2.31. The zero-order valence-corrected chi connectivity index (χ0v) is 16.0. The second-order valence-electron chi connectivity index (χ2n) is 6.86. The van der Waals surface area contributed by atoms with E-state index < -0.39 is 0 Å². The highest BCUT2D eigenvalue weighted by atomic mass is 32.1. The van der Waals surface area contributed by atoms with Crippen LogP contribution in [0.2, 0.25) is 0 Å². The molecule has 1 aliphatic heterocycles. The van der Waals surface area contributed by atoms with Crippen LogP contribution in [0, 0.1) is 13.8 Å². The summed E-state index contributed by atoms with van der Waals surface area (Å²) >= 11 is 1.74. The maximum absolute atomic E-state index is 13.3. The van der Waals surface area contributed by atoms with Crippen molar-refractivity contribution in [1.82, 2.24) is 14.7 Å². The van der Waals surface area contributed by atoms with E-state index in [2.05, 4.69) is 34.7 Å². The first-order chi connectivity index (χ1) is 12.6. The Balaban J connectivity index is 1.62. The number of rotatable bonds is 4. The van der Waals surface area contributed by atoms with Gasteiger partial charge in [-0.1, -0.05) is 36.4 Å². The first kappa shape index (κ1) is 17.0. The second kappa shape index (κ2) is 7.08. The molecule has 0 radical (unpaired) electrons. The fourth-order valence-corrected chi connectivity index (χ4v) is 4.72. The van der Waals surface area contributed by atoms with Crippen LogP contribution in [0.1, 0.15) is 51.1 Å². The van der Waals surface area contributed by atoms with Gasteiger partial charge in [-0.3, -0.25) is 9.48 Å². The Morgan fingerprint density at radius 2 is 2.00 bits per heavy atom. The molecule has 2 aromatic heterocycles. The maximum atomic E-state index is 13.3. The Bertz CT molecular complexity index is 899. The van der Waals surface area contributed by atoms with Crippen LogP contribution < -0.4 is 0 Å². The first-order valence-electron chi connectivity index (χ1n) is 9.07. The van der Waals surface area contributed by atoms with Crippen molar-refractivity contribution in [3.63, 3.8) is 0 Å². The lowest BCUT2D eigenvalue weighted by atomic mass is 10.1. The molecule has 1 saturated heterocycles. The Morgan fingerprint density at radius 1 is 1.19 bits per heavy atom.